The quantitative estimate of drug-likeness (QED) is 0.0921. The molecule has 4 aromatic rings. The number of aliphatic hydroxyl groups excluding tert-OH is 3. The summed E-state index contributed by atoms with van der Waals surface area (Å²) in [6.07, 6.45) is -3.16. The number of hydrogen-bond acceptors (Lipinski definition) is 8. The monoisotopic (exact) mass is 736 g/mol. The number of amides is 3. The van der Waals surface area contributed by atoms with Crippen LogP contribution in [-0.4, -0.2) is 76.6 Å². The molecule has 5 rings (SSSR count). The Morgan fingerprint density at radius 1 is 0.741 bits per heavy atom. The molecule has 1 aliphatic rings. The fraction of sp³-hybridized carbons (Fsp3) is 0.372. The summed E-state index contributed by atoms with van der Waals surface area (Å²) in [4.78, 5) is 41.8. The van der Waals surface area contributed by atoms with Crippen molar-refractivity contribution in [2.24, 2.45) is 5.41 Å². The van der Waals surface area contributed by atoms with E-state index in [2.05, 4.69) is 21.3 Å². The maximum absolute atomic E-state index is 14.3. The molecule has 0 spiro atoms. The molecule has 286 valence electrons. The number of fused-ring (bicyclic) bond motifs is 1. The van der Waals surface area contributed by atoms with E-state index in [0.717, 1.165) is 27.8 Å². The van der Waals surface area contributed by atoms with E-state index in [9.17, 15) is 29.7 Å². The van der Waals surface area contributed by atoms with E-state index < -0.39 is 65.6 Å². The number of carbonyl (C=O) groups is 3. The molecule has 0 aliphatic heterocycles. The second-order valence-corrected chi connectivity index (χ2v) is 15.0. The highest BCUT2D eigenvalue weighted by molar-refractivity contribution is 5.90. The van der Waals surface area contributed by atoms with Crippen molar-refractivity contribution < 1.29 is 34.4 Å². The highest BCUT2D eigenvalue weighted by Crippen LogP contribution is 2.31. The lowest BCUT2D eigenvalue weighted by molar-refractivity contribution is -0.137. The van der Waals surface area contributed by atoms with Crippen molar-refractivity contribution in [2.45, 2.75) is 89.1 Å². The van der Waals surface area contributed by atoms with Gasteiger partial charge in [-0.3, -0.25) is 19.7 Å². The molecule has 0 radical (unpaired) electrons. The number of benzene rings is 4. The average molecular weight is 737 g/mol. The van der Waals surface area contributed by atoms with Crippen LogP contribution in [-0.2, 0) is 40.2 Å². The minimum atomic E-state index is -1.49. The first-order valence-corrected chi connectivity index (χ1v) is 18.3. The van der Waals surface area contributed by atoms with E-state index in [1.165, 1.54) is 0 Å². The van der Waals surface area contributed by atoms with Crippen molar-refractivity contribution in [3.8, 4) is 5.75 Å². The zero-order valence-electron chi connectivity index (χ0n) is 31.2. The second-order valence-electron chi connectivity index (χ2n) is 15.0. The Kier molecular flexibility index (Phi) is 13.6. The predicted octanol–water partition coefficient (Wildman–Crippen LogP) is 3.15. The molecule has 0 saturated heterocycles. The van der Waals surface area contributed by atoms with Gasteiger partial charge in [-0.05, 0) is 51.8 Å². The average Bonchev–Trinajstić information content (AvgIpc) is 3.47. The first-order chi connectivity index (χ1) is 25.8. The SMILES string of the molecule is COc1ccc(CN[C@@H](C(=O)N[C@H]2c3ccccc3C[C@H]2O)[C@H](O)[C@H](Cc2ccccc2)NC(=O)[C@@H](NC(=O)[C@H](O)Cc2ccccc2)C(C)(C)C)cc1. The van der Waals surface area contributed by atoms with Crippen molar-refractivity contribution in [1.82, 2.24) is 21.3 Å². The van der Waals surface area contributed by atoms with Crippen molar-refractivity contribution >= 4 is 17.7 Å². The Bertz CT molecular complexity index is 1830. The zero-order valence-corrected chi connectivity index (χ0v) is 31.2. The van der Waals surface area contributed by atoms with Crippen LogP contribution in [0.3, 0.4) is 0 Å². The van der Waals surface area contributed by atoms with Crippen molar-refractivity contribution in [3.63, 3.8) is 0 Å². The summed E-state index contributed by atoms with van der Waals surface area (Å²) in [6, 6.07) is 29.1. The van der Waals surface area contributed by atoms with Gasteiger partial charge >= 0.3 is 0 Å². The molecule has 11 heteroatoms. The molecule has 0 aromatic heterocycles. The molecule has 54 heavy (non-hydrogen) atoms. The first kappa shape index (κ1) is 40.1. The molecule has 0 heterocycles. The van der Waals surface area contributed by atoms with E-state index >= 15 is 0 Å². The summed E-state index contributed by atoms with van der Waals surface area (Å²) in [5, 5.41) is 45.9. The molecule has 0 unspecified atom stereocenters. The molecule has 7 N–H and O–H groups in total. The van der Waals surface area contributed by atoms with Crippen LogP contribution in [0.1, 0.15) is 54.6 Å². The van der Waals surface area contributed by atoms with Crippen LogP contribution < -0.4 is 26.0 Å². The molecule has 1 aliphatic carbocycles. The van der Waals surface area contributed by atoms with Gasteiger partial charge in [-0.15, -0.1) is 0 Å². The molecule has 4 aromatic carbocycles. The fourth-order valence-corrected chi connectivity index (χ4v) is 6.80. The summed E-state index contributed by atoms with van der Waals surface area (Å²) < 4.78 is 5.29. The van der Waals surface area contributed by atoms with Gasteiger partial charge in [-0.1, -0.05) is 118 Å². The van der Waals surface area contributed by atoms with Gasteiger partial charge in [0.2, 0.25) is 17.7 Å². The third-order valence-electron chi connectivity index (χ3n) is 9.84. The maximum atomic E-state index is 14.3. The van der Waals surface area contributed by atoms with Gasteiger partial charge in [0.15, 0.2) is 0 Å². The summed E-state index contributed by atoms with van der Waals surface area (Å²) >= 11 is 0. The third-order valence-corrected chi connectivity index (χ3v) is 9.84. The maximum Gasteiger partial charge on any atom is 0.249 e. The van der Waals surface area contributed by atoms with Crippen molar-refractivity contribution in [3.05, 3.63) is 137 Å². The van der Waals surface area contributed by atoms with Gasteiger partial charge in [0, 0.05) is 19.4 Å². The number of methoxy groups -OCH3 is 1. The van der Waals surface area contributed by atoms with Gasteiger partial charge in [0.25, 0.3) is 0 Å². The minimum absolute atomic E-state index is 0.0668. The molecule has 0 saturated carbocycles. The second kappa shape index (κ2) is 18.3. The van der Waals surface area contributed by atoms with Crippen molar-refractivity contribution in [2.75, 3.05) is 7.11 Å². The Balaban J connectivity index is 1.41. The summed E-state index contributed by atoms with van der Waals surface area (Å²) in [7, 11) is 1.57. The summed E-state index contributed by atoms with van der Waals surface area (Å²) in [5.41, 5.74) is 3.31. The van der Waals surface area contributed by atoms with E-state index in [4.69, 9.17) is 4.74 Å². The van der Waals surface area contributed by atoms with Crippen LogP contribution in [0.25, 0.3) is 0 Å². The third kappa shape index (κ3) is 10.5. The smallest absolute Gasteiger partial charge is 0.249 e. The highest BCUT2D eigenvalue weighted by atomic mass is 16.5. The van der Waals surface area contributed by atoms with Crippen LogP contribution in [0.4, 0.5) is 0 Å². The van der Waals surface area contributed by atoms with Gasteiger partial charge in [-0.2, -0.15) is 0 Å². The number of aliphatic hydroxyl groups is 3. The summed E-state index contributed by atoms with van der Waals surface area (Å²) in [5.74, 6) is -1.19. The topological polar surface area (TPSA) is 169 Å². The van der Waals surface area contributed by atoms with Crippen LogP contribution >= 0.6 is 0 Å². The van der Waals surface area contributed by atoms with Gasteiger partial charge < -0.3 is 36.0 Å². The molecule has 0 fully saturated rings. The predicted molar refractivity (Wildman–Crippen MR) is 206 cm³/mol. The standard InChI is InChI=1S/C43H52N4O7/c1-43(2,3)39(47-40(51)35(49)24-28-15-9-6-10-16-28)42(53)45-33(23-27-13-7-5-8-14-27)38(50)37(44-26-29-19-21-31(54-4)22-20-29)41(52)46-36-32-18-12-11-17-30(32)25-34(36)48/h5-22,33-39,44,48-50H,23-26H2,1-4H3,(H,45,53)(H,46,52)(H,47,51)/t33-,34+,35+,36-,37+,38+,39+/m0/s1. The Labute approximate surface area is 317 Å². The molecule has 0 bridgehead atoms. The lowest BCUT2D eigenvalue weighted by Gasteiger charge is -2.35. The molecular formula is C43H52N4O7. The number of ether oxygens (including phenoxy) is 1. The summed E-state index contributed by atoms with van der Waals surface area (Å²) in [6.45, 7) is 5.57. The van der Waals surface area contributed by atoms with Crippen LogP contribution in [0.5, 0.6) is 5.75 Å². The fourth-order valence-electron chi connectivity index (χ4n) is 6.80. The van der Waals surface area contributed by atoms with Crippen LogP contribution in [0.2, 0.25) is 0 Å². The van der Waals surface area contributed by atoms with Crippen LogP contribution in [0, 0.1) is 5.41 Å². The molecule has 3 amide bonds. The Hall–Kier alpha value is -5.07. The number of nitrogens with one attached hydrogen (secondary N) is 4. The van der Waals surface area contributed by atoms with E-state index in [1.807, 2.05) is 84.9 Å². The largest absolute Gasteiger partial charge is 0.497 e. The normalized spacial score (nSPS) is 18.0. The number of carbonyl (C=O) groups excluding carboxylic acids is 3. The molecule has 11 nitrogen and oxygen atoms in total. The lowest BCUT2D eigenvalue weighted by Crippen LogP contribution is -2.63. The van der Waals surface area contributed by atoms with E-state index in [0.29, 0.717) is 12.2 Å². The highest BCUT2D eigenvalue weighted by Gasteiger charge is 2.40. The first-order valence-electron chi connectivity index (χ1n) is 18.3. The minimum Gasteiger partial charge on any atom is -0.497 e. The number of hydrogen-bond donors (Lipinski definition) is 7. The zero-order chi connectivity index (χ0) is 38.8. The molecular weight excluding hydrogens is 684 g/mol. The molecule has 7 atom stereocenters. The van der Waals surface area contributed by atoms with Gasteiger partial charge in [-0.25, -0.2) is 0 Å². The number of rotatable bonds is 16. The van der Waals surface area contributed by atoms with Crippen LogP contribution in [0.15, 0.2) is 109 Å². The lowest BCUT2D eigenvalue weighted by atomic mass is 9.85. The van der Waals surface area contributed by atoms with Gasteiger partial charge in [0.05, 0.1) is 31.4 Å². The van der Waals surface area contributed by atoms with Gasteiger partial charge in [0.1, 0.15) is 23.9 Å². The van der Waals surface area contributed by atoms with Crippen molar-refractivity contribution in [1.29, 1.82) is 0 Å². The van der Waals surface area contributed by atoms with E-state index in [1.54, 1.807) is 52.1 Å². The Morgan fingerprint density at radius 3 is 1.94 bits per heavy atom. The Morgan fingerprint density at radius 2 is 1.33 bits per heavy atom. The van der Waals surface area contributed by atoms with E-state index in [-0.39, 0.29) is 19.4 Å².